The minimum absolute atomic E-state index is 0.455. The monoisotopic (exact) mass is 251 g/mol. The lowest BCUT2D eigenvalue weighted by Crippen LogP contribution is -2.31. The normalized spacial score (nSPS) is 10.3. The topological polar surface area (TPSA) is 80.1 Å². The maximum Gasteiger partial charge on any atom is 0.150 e. The summed E-state index contributed by atoms with van der Waals surface area (Å²) in [6.45, 7) is 6.60. The molecular weight excluding hydrogens is 230 g/mol. The number of ether oxygens (including phenoxy) is 1. The van der Waals surface area contributed by atoms with Crippen LogP contribution in [0.4, 0.5) is 11.5 Å². The van der Waals surface area contributed by atoms with Crippen molar-refractivity contribution in [3.8, 4) is 6.07 Å². The molecule has 1 heterocycles. The molecule has 0 saturated carbocycles. The number of nitrogens with zero attached hydrogens (tertiary/aromatic N) is 4. The van der Waals surface area contributed by atoms with Crippen molar-refractivity contribution in [2.45, 2.75) is 26.8 Å². The molecule has 1 aromatic rings. The molecule has 0 bridgehead atoms. The van der Waals surface area contributed by atoms with Crippen LogP contribution in [-0.4, -0.2) is 36.6 Å². The van der Waals surface area contributed by atoms with Gasteiger partial charge < -0.3 is 15.4 Å². The maximum absolute atomic E-state index is 8.73. The summed E-state index contributed by atoms with van der Waals surface area (Å²) in [6, 6.07) is 2.16. The maximum atomic E-state index is 8.73. The van der Waals surface area contributed by atoms with E-state index >= 15 is 0 Å². The number of nitrogen functional groups attached to an aromatic ring is 1. The Kier molecular flexibility index (Phi) is 5.46. The summed E-state index contributed by atoms with van der Waals surface area (Å²) < 4.78 is 6.97. The van der Waals surface area contributed by atoms with E-state index in [0.717, 1.165) is 18.1 Å². The van der Waals surface area contributed by atoms with Crippen LogP contribution in [-0.2, 0) is 11.3 Å². The van der Waals surface area contributed by atoms with E-state index in [1.54, 1.807) is 7.11 Å². The molecule has 0 saturated heterocycles. The minimum Gasteiger partial charge on any atom is -0.394 e. The van der Waals surface area contributed by atoms with Crippen LogP contribution in [0.3, 0.4) is 0 Å². The standard InChI is InChI=1S/C12H21N5O/c1-4-17-12(11(14)10(2)15-17)16(7-5-6-13)8-9-18-3/h4-5,7-9,14H2,1-3H3. The zero-order chi connectivity index (χ0) is 13.5. The Bertz CT molecular complexity index is 421. The van der Waals surface area contributed by atoms with Crippen LogP contribution in [0.2, 0.25) is 0 Å². The number of rotatable bonds is 7. The van der Waals surface area contributed by atoms with Crippen molar-refractivity contribution in [2.24, 2.45) is 0 Å². The third kappa shape index (κ3) is 3.14. The number of aromatic nitrogens is 2. The second kappa shape index (κ2) is 6.87. The van der Waals surface area contributed by atoms with Crippen LogP contribution < -0.4 is 10.6 Å². The summed E-state index contributed by atoms with van der Waals surface area (Å²) in [5.74, 6) is 0.891. The van der Waals surface area contributed by atoms with Crippen molar-refractivity contribution >= 4 is 11.5 Å². The highest BCUT2D eigenvalue weighted by molar-refractivity contribution is 5.66. The largest absolute Gasteiger partial charge is 0.394 e. The molecule has 6 nitrogen and oxygen atoms in total. The molecule has 6 heteroatoms. The molecule has 0 aliphatic carbocycles. The van der Waals surface area contributed by atoms with Crippen molar-refractivity contribution < 1.29 is 4.74 Å². The zero-order valence-electron chi connectivity index (χ0n) is 11.3. The van der Waals surface area contributed by atoms with Gasteiger partial charge in [-0.2, -0.15) is 10.4 Å². The van der Waals surface area contributed by atoms with Crippen LogP contribution in [0, 0.1) is 18.3 Å². The minimum atomic E-state index is 0.455. The second-order valence-corrected chi connectivity index (χ2v) is 4.03. The molecule has 0 atom stereocenters. The van der Waals surface area contributed by atoms with Gasteiger partial charge in [-0.1, -0.05) is 0 Å². The predicted octanol–water partition coefficient (Wildman–Crippen LogP) is 1.16. The lowest BCUT2D eigenvalue weighted by molar-refractivity contribution is 0.205. The fourth-order valence-corrected chi connectivity index (χ4v) is 1.85. The molecule has 0 fully saturated rings. The van der Waals surface area contributed by atoms with Crippen molar-refractivity contribution in [1.29, 1.82) is 5.26 Å². The van der Waals surface area contributed by atoms with Crippen LogP contribution in [0.15, 0.2) is 0 Å². The molecule has 18 heavy (non-hydrogen) atoms. The van der Waals surface area contributed by atoms with E-state index in [1.165, 1.54) is 0 Å². The zero-order valence-corrected chi connectivity index (χ0v) is 11.3. The van der Waals surface area contributed by atoms with Crippen LogP contribution in [0.5, 0.6) is 0 Å². The van der Waals surface area contributed by atoms with Crippen LogP contribution >= 0.6 is 0 Å². The highest BCUT2D eigenvalue weighted by atomic mass is 16.5. The summed E-state index contributed by atoms with van der Waals surface area (Å²) in [5.41, 5.74) is 7.59. The van der Waals surface area contributed by atoms with E-state index in [-0.39, 0.29) is 0 Å². The lowest BCUT2D eigenvalue weighted by Gasteiger charge is -2.24. The first-order valence-electron chi connectivity index (χ1n) is 6.09. The molecule has 1 rings (SSSR count). The lowest BCUT2D eigenvalue weighted by atomic mass is 10.3. The van der Waals surface area contributed by atoms with E-state index in [2.05, 4.69) is 16.1 Å². The highest BCUT2D eigenvalue weighted by Crippen LogP contribution is 2.26. The van der Waals surface area contributed by atoms with Crippen molar-refractivity contribution in [1.82, 2.24) is 9.78 Å². The number of methoxy groups -OCH3 is 1. The quantitative estimate of drug-likeness (QED) is 0.786. The van der Waals surface area contributed by atoms with Gasteiger partial charge in [-0.25, -0.2) is 4.68 Å². The third-order valence-electron chi connectivity index (χ3n) is 2.80. The SMILES string of the molecule is CCn1nc(C)c(N)c1N(CCC#N)CCOC. The first-order chi connectivity index (χ1) is 8.65. The highest BCUT2D eigenvalue weighted by Gasteiger charge is 2.17. The van der Waals surface area contributed by atoms with Gasteiger partial charge in [0.15, 0.2) is 5.82 Å². The summed E-state index contributed by atoms with van der Waals surface area (Å²) in [6.07, 6.45) is 0.455. The van der Waals surface area contributed by atoms with Gasteiger partial charge in [0.05, 0.1) is 30.5 Å². The first kappa shape index (κ1) is 14.3. The molecule has 0 amide bonds. The Hall–Kier alpha value is -1.74. The number of nitrogens with two attached hydrogens (primary N) is 1. The van der Waals surface area contributed by atoms with E-state index in [0.29, 0.717) is 31.8 Å². The van der Waals surface area contributed by atoms with E-state index in [1.807, 2.05) is 18.5 Å². The Morgan fingerprint density at radius 2 is 2.22 bits per heavy atom. The van der Waals surface area contributed by atoms with Gasteiger partial charge in [0.2, 0.25) is 0 Å². The Morgan fingerprint density at radius 3 is 2.78 bits per heavy atom. The number of hydrogen-bond donors (Lipinski definition) is 1. The summed E-state index contributed by atoms with van der Waals surface area (Å²) in [7, 11) is 1.66. The fourth-order valence-electron chi connectivity index (χ4n) is 1.85. The Labute approximate surface area is 108 Å². The Balaban J connectivity index is 2.99. The van der Waals surface area contributed by atoms with E-state index in [4.69, 9.17) is 15.7 Å². The molecule has 100 valence electrons. The summed E-state index contributed by atoms with van der Waals surface area (Å²) in [4.78, 5) is 2.06. The van der Waals surface area contributed by atoms with Gasteiger partial charge >= 0.3 is 0 Å². The number of aryl methyl sites for hydroxylation is 2. The smallest absolute Gasteiger partial charge is 0.150 e. The molecule has 0 aliphatic rings. The number of anilines is 2. The van der Waals surface area contributed by atoms with Gasteiger partial charge in [0, 0.05) is 26.7 Å². The van der Waals surface area contributed by atoms with Gasteiger partial charge in [-0.3, -0.25) is 0 Å². The van der Waals surface area contributed by atoms with Crippen LogP contribution in [0.25, 0.3) is 0 Å². The molecule has 0 aliphatic heterocycles. The van der Waals surface area contributed by atoms with Gasteiger partial charge in [-0.15, -0.1) is 0 Å². The van der Waals surface area contributed by atoms with E-state index < -0.39 is 0 Å². The van der Waals surface area contributed by atoms with Gasteiger partial charge in [-0.05, 0) is 13.8 Å². The van der Waals surface area contributed by atoms with Gasteiger partial charge in [0.25, 0.3) is 0 Å². The molecule has 0 aromatic carbocycles. The summed E-state index contributed by atoms with van der Waals surface area (Å²) >= 11 is 0. The van der Waals surface area contributed by atoms with Crippen molar-refractivity contribution in [3.05, 3.63) is 5.69 Å². The molecule has 0 unspecified atom stereocenters. The second-order valence-electron chi connectivity index (χ2n) is 4.03. The summed E-state index contributed by atoms with van der Waals surface area (Å²) in [5, 5.41) is 13.1. The molecule has 2 N–H and O–H groups in total. The first-order valence-corrected chi connectivity index (χ1v) is 6.09. The van der Waals surface area contributed by atoms with Crippen LogP contribution in [0.1, 0.15) is 19.0 Å². The number of nitriles is 1. The average Bonchev–Trinajstić information content (AvgIpc) is 2.66. The van der Waals surface area contributed by atoms with Crippen molar-refractivity contribution in [3.63, 3.8) is 0 Å². The fraction of sp³-hybridized carbons (Fsp3) is 0.667. The molecule has 0 radical (unpaired) electrons. The third-order valence-corrected chi connectivity index (χ3v) is 2.80. The molecule has 0 spiro atoms. The van der Waals surface area contributed by atoms with Crippen molar-refractivity contribution in [2.75, 3.05) is 37.4 Å². The predicted molar refractivity (Wildman–Crippen MR) is 71.4 cm³/mol. The average molecular weight is 251 g/mol. The van der Waals surface area contributed by atoms with E-state index in [9.17, 15) is 0 Å². The molecular formula is C12H21N5O. The molecule has 1 aromatic heterocycles. The number of hydrogen-bond acceptors (Lipinski definition) is 5. The van der Waals surface area contributed by atoms with Gasteiger partial charge in [0.1, 0.15) is 0 Å². The Morgan fingerprint density at radius 1 is 1.50 bits per heavy atom.